The zero-order valence-electron chi connectivity index (χ0n) is 12.7. The SMILES string of the molecule is Cc1cc2c(NCC(=O)Nc3ccc(C(=O)O)cc3)ncnc2s1. The van der Waals surface area contributed by atoms with Crippen molar-refractivity contribution in [2.75, 3.05) is 17.2 Å². The molecule has 0 fully saturated rings. The average Bonchev–Trinajstić information content (AvgIpc) is 2.94. The molecule has 0 bridgehead atoms. The van der Waals surface area contributed by atoms with Gasteiger partial charge in [0.15, 0.2) is 0 Å². The van der Waals surface area contributed by atoms with Crippen molar-refractivity contribution in [1.82, 2.24) is 9.97 Å². The Hall–Kier alpha value is -3.00. The molecule has 2 aromatic heterocycles. The summed E-state index contributed by atoms with van der Waals surface area (Å²) in [6.45, 7) is 2.03. The number of anilines is 2. The first-order valence-electron chi connectivity index (χ1n) is 7.11. The summed E-state index contributed by atoms with van der Waals surface area (Å²) in [7, 11) is 0. The third-order valence-corrected chi connectivity index (χ3v) is 4.24. The molecule has 0 saturated carbocycles. The first-order chi connectivity index (χ1) is 11.5. The van der Waals surface area contributed by atoms with Crippen molar-refractivity contribution in [2.45, 2.75) is 6.92 Å². The lowest BCUT2D eigenvalue weighted by Gasteiger charge is -2.08. The highest BCUT2D eigenvalue weighted by Crippen LogP contribution is 2.27. The van der Waals surface area contributed by atoms with E-state index in [-0.39, 0.29) is 18.0 Å². The summed E-state index contributed by atoms with van der Waals surface area (Å²) in [5, 5.41) is 15.4. The number of hydrogen-bond acceptors (Lipinski definition) is 6. The van der Waals surface area contributed by atoms with Gasteiger partial charge in [0.2, 0.25) is 5.91 Å². The first kappa shape index (κ1) is 15.9. The molecule has 3 aromatic rings. The van der Waals surface area contributed by atoms with E-state index < -0.39 is 5.97 Å². The third-order valence-electron chi connectivity index (χ3n) is 3.28. The minimum absolute atomic E-state index is 0.0433. The maximum absolute atomic E-state index is 12.0. The van der Waals surface area contributed by atoms with Gasteiger partial charge in [-0.15, -0.1) is 11.3 Å². The van der Waals surface area contributed by atoms with Gasteiger partial charge in [-0.1, -0.05) is 0 Å². The van der Waals surface area contributed by atoms with Crippen molar-refractivity contribution in [2.24, 2.45) is 0 Å². The maximum Gasteiger partial charge on any atom is 0.335 e. The fraction of sp³-hybridized carbons (Fsp3) is 0.125. The minimum atomic E-state index is -1.01. The number of nitrogens with zero attached hydrogens (tertiary/aromatic N) is 2. The molecule has 122 valence electrons. The number of nitrogens with one attached hydrogen (secondary N) is 2. The lowest BCUT2D eigenvalue weighted by Crippen LogP contribution is -2.22. The molecule has 24 heavy (non-hydrogen) atoms. The molecule has 0 aliphatic carbocycles. The van der Waals surface area contributed by atoms with Crippen LogP contribution in [-0.2, 0) is 4.79 Å². The Morgan fingerprint density at radius 1 is 1.21 bits per heavy atom. The molecule has 0 spiro atoms. The number of aryl methyl sites for hydroxylation is 1. The molecule has 3 rings (SSSR count). The molecule has 0 atom stereocenters. The van der Waals surface area contributed by atoms with Crippen LogP contribution in [0.2, 0.25) is 0 Å². The van der Waals surface area contributed by atoms with Crippen LogP contribution in [0.3, 0.4) is 0 Å². The average molecular weight is 342 g/mol. The molecule has 2 heterocycles. The van der Waals surface area contributed by atoms with Gasteiger partial charge in [0, 0.05) is 10.6 Å². The van der Waals surface area contributed by atoms with Gasteiger partial charge in [-0.2, -0.15) is 0 Å². The highest BCUT2D eigenvalue weighted by Gasteiger charge is 2.09. The maximum atomic E-state index is 12.0. The zero-order valence-corrected chi connectivity index (χ0v) is 13.6. The van der Waals surface area contributed by atoms with Crippen LogP contribution in [0.15, 0.2) is 36.7 Å². The Morgan fingerprint density at radius 2 is 1.96 bits per heavy atom. The van der Waals surface area contributed by atoms with E-state index in [0.717, 1.165) is 15.1 Å². The van der Waals surface area contributed by atoms with Gasteiger partial charge in [0.1, 0.15) is 17.0 Å². The van der Waals surface area contributed by atoms with Gasteiger partial charge in [-0.25, -0.2) is 14.8 Å². The molecule has 0 saturated heterocycles. The Balaban J connectivity index is 1.63. The van der Waals surface area contributed by atoms with E-state index in [1.165, 1.54) is 18.5 Å². The molecule has 8 heteroatoms. The molecule has 0 aliphatic rings. The summed E-state index contributed by atoms with van der Waals surface area (Å²) < 4.78 is 0. The van der Waals surface area contributed by atoms with E-state index in [4.69, 9.17) is 5.11 Å². The Bertz CT molecular complexity index is 905. The zero-order chi connectivity index (χ0) is 17.1. The van der Waals surface area contributed by atoms with Crippen LogP contribution >= 0.6 is 11.3 Å². The number of amides is 1. The van der Waals surface area contributed by atoms with Gasteiger partial charge in [0.05, 0.1) is 17.5 Å². The molecule has 0 aliphatic heterocycles. The van der Waals surface area contributed by atoms with E-state index in [1.54, 1.807) is 23.5 Å². The predicted molar refractivity (Wildman–Crippen MR) is 92.7 cm³/mol. The van der Waals surface area contributed by atoms with E-state index in [0.29, 0.717) is 11.5 Å². The number of fused-ring (bicyclic) bond motifs is 1. The smallest absolute Gasteiger partial charge is 0.335 e. The number of carboxylic acid groups (broad SMARTS) is 1. The second-order valence-electron chi connectivity index (χ2n) is 5.08. The molecule has 1 amide bonds. The molecular formula is C16H14N4O3S. The monoisotopic (exact) mass is 342 g/mol. The Morgan fingerprint density at radius 3 is 2.67 bits per heavy atom. The molecule has 3 N–H and O–H groups in total. The van der Waals surface area contributed by atoms with Crippen LogP contribution in [0.25, 0.3) is 10.2 Å². The molecule has 0 radical (unpaired) electrons. The lowest BCUT2D eigenvalue weighted by atomic mass is 10.2. The van der Waals surface area contributed by atoms with Crippen LogP contribution in [0.4, 0.5) is 11.5 Å². The summed E-state index contributed by atoms with van der Waals surface area (Å²) in [4.78, 5) is 33.2. The summed E-state index contributed by atoms with van der Waals surface area (Å²) in [6, 6.07) is 7.95. The van der Waals surface area contributed by atoms with Crippen LogP contribution in [0.5, 0.6) is 0 Å². The first-order valence-corrected chi connectivity index (χ1v) is 7.93. The summed E-state index contributed by atoms with van der Waals surface area (Å²) in [5.41, 5.74) is 0.702. The number of rotatable bonds is 5. The Labute approximate surface area is 141 Å². The van der Waals surface area contributed by atoms with E-state index in [1.807, 2.05) is 13.0 Å². The number of aromatic carboxylic acids is 1. The quantitative estimate of drug-likeness (QED) is 0.658. The number of thiophene rings is 1. The van der Waals surface area contributed by atoms with E-state index in [9.17, 15) is 9.59 Å². The van der Waals surface area contributed by atoms with Crippen LogP contribution in [0.1, 0.15) is 15.2 Å². The largest absolute Gasteiger partial charge is 0.478 e. The number of carboxylic acids is 1. The van der Waals surface area contributed by atoms with Gasteiger partial charge >= 0.3 is 5.97 Å². The second-order valence-corrected chi connectivity index (χ2v) is 6.32. The molecule has 7 nitrogen and oxygen atoms in total. The number of carbonyl (C=O) groups excluding carboxylic acids is 1. The van der Waals surface area contributed by atoms with Crippen molar-refractivity contribution < 1.29 is 14.7 Å². The topological polar surface area (TPSA) is 104 Å². The molecule has 0 unspecified atom stereocenters. The predicted octanol–water partition coefficient (Wildman–Crippen LogP) is 2.75. The number of carbonyl (C=O) groups is 2. The second kappa shape index (κ2) is 6.63. The number of hydrogen-bond donors (Lipinski definition) is 3. The minimum Gasteiger partial charge on any atom is -0.478 e. The van der Waals surface area contributed by atoms with Gasteiger partial charge in [-0.3, -0.25) is 4.79 Å². The van der Waals surface area contributed by atoms with Gasteiger partial charge in [0.25, 0.3) is 0 Å². The van der Waals surface area contributed by atoms with Gasteiger partial charge in [-0.05, 0) is 37.3 Å². The standard InChI is InChI=1S/C16H14N4O3S/c1-9-6-12-14(18-8-19-15(12)24-9)17-7-13(21)20-11-4-2-10(3-5-11)16(22)23/h2-6,8H,7H2,1H3,(H,20,21)(H,22,23)(H,17,18,19). The van der Waals surface area contributed by atoms with Crippen LogP contribution in [0, 0.1) is 6.92 Å². The summed E-state index contributed by atoms with van der Waals surface area (Å²) in [6.07, 6.45) is 1.46. The highest BCUT2D eigenvalue weighted by atomic mass is 32.1. The van der Waals surface area contributed by atoms with Crippen LogP contribution < -0.4 is 10.6 Å². The van der Waals surface area contributed by atoms with Crippen molar-refractivity contribution in [3.05, 3.63) is 47.1 Å². The summed E-state index contributed by atoms with van der Waals surface area (Å²) in [5.74, 6) is -0.647. The van der Waals surface area contributed by atoms with Crippen LogP contribution in [-0.4, -0.2) is 33.5 Å². The van der Waals surface area contributed by atoms with Crippen molar-refractivity contribution in [3.8, 4) is 0 Å². The molecular weight excluding hydrogens is 328 g/mol. The third kappa shape index (κ3) is 3.49. The number of aromatic nitrogens is 2. The Kier molecular flexibility index (Phi) is 4.39. The van der Waals surface area contributed by atoms with Crippen molar-refractivity contribution >= 4 is 44.9 Å². The fourth-order valence-electron chi connectivity index (χ4n) is 2.18. The van der Waals surface area contributed by atoms with Crippen molar-refractivity contribution in [1.29, 1.82) is 0 Å². The number of benzene rings is 1. The van der Waals surface area contributed by atoms with E-state index in [2.05, 4.69) is 20.6 Å². The van der Waals surface area contributed by atoms with E-state index >= 15 is 0 Å². The summed E-state index contributed by atoms with van der Waals surface area (Å²) >= 11 is 1.57. The lowest BCUT2D eigenvalue weighted by molar-refractivity contribution is -0.114. The highest BCUT2D eigenvalue weighted by molar-refractivity contribution is 7.18. The molecule has 1 aromatic carbocycles. The van der Waals surface area contributed by atoms with Crippen molar-refractivity contribution in [3.63, 3.8) is 0 Å². The normalized spacial score (nSPS) is 10.5. The fourth-order valence-corrected chi connectivity index (χ4v) is 3.03. The van der Waals surface area contributed by atoms with Gasteiger partial charge < -0.3 is 15.7 Å².